The number of aryl methyl sites for hydroxylation is 2. The van der Waals surface area contributed by atoms with Gasteiger partial charge in [0.2, 0.25) is 5.91 Å². The van der Waals surface area contributed by atoms with Gasteiger partial charge in [0, 0.05) is 36.8 Å². The molecule has 0 atom stereocenters. The van der Waals surface area contributed by atoms with Gasteiger partial charge >= 0.3 is 0 Å². The van der Waals surface area contributed by atoms with E-state index in [1.54, 1.807) is 18.0 Å². The van der Waals surface area contributed by atoms with Gasteiger partial charge in [-0.05, 0) is 55.5 Å². The maximum absolute atomic E-state index is 12.6. The largest absolute Gasteiger partial charge is 0.459 e. The number of hydrogen-bond donors (Lipinski definition) is 1. The number of carbonyl (C=O) groups is 1. The minimum absolute atomic E-state index is 0. The zero-order valence-electron chi connectivity index (χ0n) is 16.8. The molecule has 152 valence electrons. The number of likely N-dealkylation sites (N-methyl/N-ethyl adjacent to an activating group) is 1. The number of amides is 1. The number of fused-ring (bicyclic) bond motifs is 2. The van der Waals surface area contributed by atoms with Crippen molar-refractivity contribution in [3.8, 4) is 0 Å². The van der Waals surface area contributed by atoms with Crippen LogP contribution < -0.4 is 5.32 Å². The molecule has 0 fully saturated rings. The van der Waals surface area contributed by atoms with Crippen LogP contribution in [0.5, 0.6) is 0 Å². The van der Waals surface area contributed by atoms with Gasteiger partial charge in [0.15, 0.2) is 0 Å². The summed E-state index contributed by atoms with van der Waals surface area (Å²) < 4.78 is 5.92. The van der Waals surface area contributed by atoms with Crippen LogP contribution in [0.4, 0.5) is 5.82 Å². The fraction of sp³-hybridized carbons (Fsp3) is 0.304. The lowest BCUT2D eigenvalue weighted by Crippen LogP contribution is -2.24. The molecule has 0 saturated heterocycles. The van der Waals surface area contributed by atoms with E-state index in [9.17, 15) is 4.79 Å². The highest BCUT2D eigenvalue weighted by molar-refractivity contribution is 5.91. The van der Waals surface area contributed by atoms with Crippen molar-refractivity contribution < 1.29 is 9.21 Å². The zero-order valence-corrected chi connectivity index (χ0v) is 17.6. The molecule has 3 aromatic rings. The Hall–Kier alpha value is -2.79. The van der Waals surface area contributed by atoms with Crippen molar-refractivity contribution in [3.05, 3.63) is 65.1 Å². The summed E-state index contributed by atoms with van der Waals surface area (Å²) in [5.74, 6) is 1.73. The second-order valence-electron chi connectivity index (χ2n) is 7.33. The van der Waals surface area contributed by atoms with Crippen LogP contribution in [0.3, 0.4) is 0 Å². The van der Waals surface area contributed by atoms with Gasteiger partial charge in [-0.2, -0.15) is 0 Å². The fourth-order valence-electron chi connectivity index (χ4n) is 3.58. The average molecular weight is 412 g/mol. The number of para-hydroxylation sites is 1. The van der Waals surface area contributed by atoms with Gasteiger partial charge in [-0.15, -0.1) is 12.4 Å². The van der Waals surface area contributed by atoms with Crippen LogP contribution >= 0.6 is 12.4 Å². The molecule has 4 rings (SSSR count). The predicted octanol–water partition coefficient (Wildman–Crippen LogP) is 4.98. The molecule has 0 radical (unpaired) electrons. The summed E-state index contributed by atoms with van der Waals surface area (Å²) in [7, 11) is 1.79. The summed E-state index contributed by atoms with van der Waals surface area (Å²) >= 11 is 0. The molecule has 0 spiro atoms. The number of furan rings is 1. The van der Waals surface area contributed by atoms with E-state index in [1.807, 2.05) is 43.5 Å². The molecular weight excluding hydrogens is 386 g/mol. The van der Waals surface area contributed by atoms with Crippen LogP contribution in [0.15, 0.2) is 47.0 Å². The average Bonchev–Trinajstić information content (AvgIpc) is 2.88. The van der Waals surface area contributed by atoms with Gasteiger partial charge in [-0.1, -0.05) is 18.2 Å². The third-order valence-electron chi connectivity index (χ3n) is 5.27. The summed E-state index contributed by atoms with van der Waals surface area (Å²) in [5, 5.41) is 4.45. The van der Waals surface area contributed by atoms with E-state index in [2.05, 4.69) is 16.4 Å². The summed E-state index contributed by atoms with van der Waals surface area (Å²) in [6, 6.07) is 10.1. The number of halogens is 1. The number of carbonyl (C=O) groups excluding carboxylic acids is 1. The fourth-order valence-corrected chi connectivity index (χ4v) is 3.58. The highest BCUT2D eigenvalue weighted by atomic mass is 35.5. The molecule has 1 aliphatic rings. The zero-order chi connectivity index (χ0) is 19.5. The van der Waals surface area contributed by atoms with Gasteiger partial charge in [-0.25, -0.2) is 4.98 Å². The number of pyridine rings is 1. The van der Waals surface area contributed by atoms with Crippen LogP contribution in [0.25, 0.3) is 17.0 Å². The first-order valence-electron chi connectivity index (χ1n) is 9.75. The summed E-state index contributed by atoms with van der Waals surface area (Å²) in [5.41, 5.74) is 4.11. The molecule has 5 nitrogen and oxygen atoms in total. The number of nitrogens with zero attached hydrogens (tertiary/aromatic N) is 2. The Labute approximate surface area is 177 Å². The van der Waals surface area contributed by atoms with Crippen LogP contribution in [0.1, 0.15) is 35.3 Å². The van der Waals surface area contributed by atoms with E-state index < -0.39 is 0 Å². The minimum Gasteiger partial charge on any atom is -0.459 e. The van der Waals surface area contributed by atoms with Gasteiger partial charge < -0.3 is 14.6 Å². The molecule has 0 bridgehead atoms. The standard InChI is InChI=1S/C23H25N3O2.ClH/c1-16-19-8-3-4-9-20(19)28-21(16)15-26(2)22(27)11-10-17-13-18-7-5-6-12-24-23(18)25-14-17;/h3-4,8-11,13-14H,5-7,12,15H2,1-2H3,(H,24,25);1H/b11-10+;. The van der Waals surface area contributed by atoms with Crippen molar-refractivity contribution in [1.82, 2.24) is 9.88 Å². The maximum atomic E-state index is 12.6. The van der Waals surface area contributed by atoms with Gasteiger partial charge in [0.1, 0.15) is 17.2 Å². The molecule has 0 aliphatic carbocycles. The van der Waals surface area contributed by atoms with Gasteiger partial charge in [-0.3, -0.25) is 4.79 Å². The normalized spacial score (nSPS) is 13.4. The summed E-state index contributed by atoms with van der Waals surface area (Å²) in [4.78, 5) is 18.7. The van der Waals surface area contributed by atoms with Crippen molar-refractivity contribution in [1.29, 1.82) is 0 Å². The van der Waals surface area contributed by atoms with E-state index in [1.165, 1.54) is 5.56 Å². The van der Waals surface area contributed by atoms with Gasteiger partial charge in [0.05, 0.1) is 6.54 Å². The Morgan fingerprint density at radius 1 is 1.31 bits per heavy atom. The van der Waals surface area contributed by atoms with Crippen molar-refractivity contribution >= 4 is 41.2 Å². The van der Waals surface area contributed by atoms with E-state index in [0.717, 1.165) is 59.5 Å². The van der Waals surface area contributed by atoms with Gasteiger partial charge in [0.25, 0.3) is 0 Å². The predicted molar refractivity (Wildman–Crippen MR) is 119 cm³/mol. The van der Waals surface area contributed by atoms with E-state index in [0.29, 0.717) is 6.54 Å². The molecule has 6 heteroatoms. The molecule has 1 amide bonds. The van der Waals surface area contributed by atoms with Crippen LogP contribution in [0.2, 0.25) is 0 Å². The third kappa shape index (κ3) is 4.62. The second kappa shape index (κ2) is 9.14. The summed E-state index contributed by atoms with van der Waals surface area (Å²) in [6.45, 7) is 3.44. The Morgan fingerprint density at radius 3 is 2.97 bits per heavy atom. The smallest absolute Gasteiger partial charge is 0.246 e. The number of benzene rings is 1. The van der Waals surface area contributed by atoms with Crippen molar-refractivity contribution in [2.45, 2.75) is 32.7 Å². The molecule has 3 heterocycles. The molecule has 1 aliphatic heterocycles. The minimum atomic E-state index is -0.0621. The highest BCUT2D eigenvalue weighted by Crippen LogP contribution is 2.26. The second-order valence-corrected chi connectivity index (χ2v) is 7.33. The van der Waals surface area contributed by atoms with Crippen molar-refractivity contribution in [3.63, 3.8) is 0 Å². The van der Waals surface area contributed by atoms with E-state index in [-0.39, 0.29) is 18.3 Å². The topological polar surface area (TPSA) is 58.4 Å². The number of anilines is 1. The molecule has 0 saturated carbocycles. The molecular formula is C23H26ClN3O2. The van der Waals surface area contributed by atoms with Crippen LogP contribution in [0, 0.1) is 6.92 Å². The SMILES string of the molecule is Cc1c(CN(C)C(=O)/C=C/c2cnc3c(c2)CCCCN3)oc2ccccc12.Cl. The lowest BCUT2D eigenvalue weighted by Gasteiger charge is -2.14. The molecule has 1 aromatic carbocycles. The lowest BCUT2D eigenvalue weighted by molar-refractivity contribution is -0.125. The first-order chi connectivity index (χ1) is 13.6. The van der Waals surface area contributed by atoms with E-state index >= 15 is 0 Å². The van der Waals surface area contributed by atoms with Crippen LogP contribution in [-0.2, 0) is 17.8 Å². The van der Waals surface area contributed by atoms with Crippen molar-refractivity contribution in [2.75, 3.05) is 18.9 Å². The Kier molecular flexibility index (Phi) is 6.60. The number of nitrogens with one attached hydrogen (secondary N) is 1. The van der Waals surface area contributed by atoms with Crippen molar-refractivity contribution in [2.24, 2.45) is 0 Å². The monoisotopic (exact) mass is 411 g/mol. The first-order valence-corrected chi connectivity index (χ1v) is 9.75. The highest BCUT2D eigenvalue weighted by Gasteiger charge is 2.14. The Morgan fingerprint density at radius 2 is 2.14 bits per heavy atom. The number of hydrogen-bond acceptors (Lipinski definition) is 4. The molecule has 29 heavy (non-hydrogen) atoms. The maximum Gasteiger partial charge on any atom is 0.246 e. The first kappa shape index (κ1) is 20.9. The Bertz CT molecular complexity index is 1040. The number of aromatic nitrogens is 1. The lowest BCUT2D eigenvalue weighted by atomic mass is 10.1. The Balaban J connectivity index is 0.00000240. The molecule has 0 unspecified atom stereocenters. The quantitative estimate of drug-likeness (QED) is 0.615. The van der Waals surface area contributed by atoms with E-state index in [4.69, 9.17) is 4.42 Å². The number of rotatable bonds is 4. The third-order valence-corrected chi connectivity index (χ3v) is 5.27. The molecule has 1 N–H and O–H groups in total. The summed E-state index contributed by atoms with van der Waals surface area (Å²) in [6.07, 6.45) is 8.59. The van der Waals surface area contributed by atoms with Crippen LogP contribution in [-0.4, -0.2) is 29.4 Å². The molecule has 2 aromatic heterocycles.